The molecule has 1 aliphatic rings. The Morgan fingerprint density at radius 2 is 1.89 bits per heavy atom. The zero-order chi connectivity index (χ0) is 13.8. The number of benzene rings is 1. The van der Waals surface area contributed by atoms with Crippen LogP contribution in [0.5, 0.6) is 0 Å². The maximum atomic E-state index is 12.4. The molecule has 19 heavy (non-hydrogen) atoms. The lowest BCUT2D eigenvalue weighted by Crippen LogP contribution is -2.44. The van der Waals surface area contributed by atoms with Crippen molar-refractivity contribution in [2.45, 2.75) is 31.9 Å². The predicted octanol–water partition coefficient (Wildman–Crippen LogP) is 1.31. The molecule has 0 aromatic heterocycles. The van der Waals surface area contributed by atoms with Crippen LogP contribution in [0.2, 0.25) is 0 Å². The summed E-state index contributed by atoms with van der Waals surface area (Å²) in [6.07, 6.45) is 1.07. The van der Waals surface area contributed by atoms with Crippen molar-refractivity contribution in [2.24, 2.45) is 11.7 Å². The Balaban J connectivity index is 1.99. The maximum Gasteiger partial charge on any atom is 0.227 e. The summed E-state index contributed by atoms with van der Waals surface area (Å²) in [5.41, 5.74) is 7.16. The van der Waals surface area contributed by atoms with Gasteiger partial charge in [0, 0.05) is 19.1 Å². The van der Waals surface area contributed by atoms with Gasteiger partial charge in [0.15, 0.2) is 0 Å². The lowest BCUT2D eigenvalue weighted by atomic mass is 9.93. The molecule has 1 aromatic carbocycles. The van der Waals surface area contributed by atoms with E-state index in [2.05, 4.69) is 0 Å². The van der Waals surface area contributed by atoms with Crippen LogP contribution in [0.3, 0.4) is 0 Å². The normalized spacial score (nSPS) is 20.1. The number of aliphatic hydroxyl groups excluding tert-OH is 1. The van der Waals surface area contributed by atoms with Gasteiger partial charge in [-0.15, -0.1) is 0 Å². The van der Waals surface area contributed by atoms with E-state index in [1.165, 1.54) is 0 Å². The molecule has 1 amide bonds. The van der Waals surface area contributed by atoms with Crippen molar-refractivity contribution < 1.29 is 9.90 Å². The van der Waals surface area contributed by atoms with Crippen molar-refractivity contribution in [3.63, 3.8) is 0 Å². The van der Waals surface area contributed by atoms with Crippen LogP contribution in [0.1, 0.15) is 31.4 Å². The molecule has 1 aliphatic heterocycles. The second-order valence-corrected chi connectivity index (χ2v) is 5.28. The Morgan fingerprint density at radius 3 is 2.47 bits per heavy atom. The van der Waals surface area contributed by atoms with Crippen molar-refractivity contribution in [2.75, 3.05) is 13.1 Å². The van der Waals surface area contributed by atoms with Crippen LogP contribution >= 0.6 is 0 Å². The molecule has 104 valence electrons. The molecule has 3 N–H and O–H groups in total. The van der Waals surface area contributed by atoms with Gasteiger partial charge >= 0.3 is 0 Å². The number of carbonyl (C=O) groups excluding carboxylic acids is 1. The van der Waals surface area contributed by atoms with E-state index in [4.69, 9.17) is 5.73 Å². The van der Waals surface area contributed by atoms with Gasteiger partial charge in [-0.05, 0) is 18.4 Å². The van der Waals surface area contributed by atoms with Gasteiger partial charge in [-0.1, -0.05) is 37.3 Å². The van der Waals surface area contributed by atoms with Crippen LogP contribution < -0.4 is 5.73 Å². The Kier molecular flexibility index (Phi) is 4.56. The smallest absolute Gasteiger partial charge is 0.227 e. The summed E-state index contributed by atoms with van der Waals surface area (Å²) in [6, 6.07) is 9.44. The molecule has 1 fully saturated rings. The van der Waals surface area contributed by atoms with Crippen molar-refractivity contribution >= 4 is 5.91 Å². The zero-order valence-corrected chi connectivity index (χ0v) is 11.3. The van der Waals surface area contributed by atoms with Gasteiger partial charge in [-0.25, -0.2) is 0 Å². The minimum absolute atomic E-state index is 0.0863. The fourth-order valence-electron chi connectivity index (χ4n) is 2.49. The predicted molar refractivity (Wildman–Crippen MR) is 74.4 cm³/mol. The number of amides is 1. The third-order valence-corrected chi connectivity index (χ3v) is 3.89. The van der Waals surface area contributed by atoms with Gasteiger partial charge in [-0.2, -0.15) is 0 Å². The van der Waals surface area contributed by atoms with Gasteiger partial charge in [0.1, 0.15) is 0 Å². The second-order valence-electron chi connectivity index (χ2n) is 5.28. The summed E-state index contributed by atoms with van der Waals surface area (Å²) in [4.78, 5) is 14.2. The van der Waals surface area contributed by atoms with E-state index in [-0.39, 0.29) is 24.0 Å². The first kappa shape index (κ1) is 14.0. The highest BCUT2D eigenvalue weighted by Gasteiger charge is 2.28. The van der Waals surface area contributed by atoms with E-state index in [9.17, 15) is 9.90 Å². The molecular weight excluding hydrogens is 240 g/mol. The molecule has 1 aromatic rings. The third-order valence-electron chi connectivity index (χ3n) is 3.89. The first-order valence-electron chi connectivity index (χ1n) is 6.87. The van der Waals surface area contributed by atoms with Crippen LogP contribution in [-0.2, 0) is 4.79 Å². The van der Waals surface area contributed by atoms with Crippen molar-refractivity contribution in [3.05, 3.63) is 35.9 Å². The summed E-state index contributed by atoms with van der Waals surface area (Å²) in [6.45, 7) is 3.14. The van der Waals surface area contributed by atoms with E-state index in [1.807, 2.05) is 42.2 Å². The number of carbonyl (C=O) groups is 1. The topological polar surface area (TPSA) is 66.6 Å². The van der Waals surface area contributed by atoms with Gasteiger partial charge in [-0.3, -0.25) is 4.79 Å². The Bertz CT molecular complexity index is 413. The van der Waals surface area contributed by atoms with Crippen LogP contribution in [0.4, 0.5) is 0 Å². The van der Waals surface area contributed by atoms with Gasteiger partial charge in [0.05, 0.1) is 12.0 Å². The van der Waals surface area contributed by atoms with Crippen LogP contribution in [0, 0.1) is 5.92 Å². The second kappa shape index (κ2) is 6.17. The molecule has 0 saturated carbocycles. The van der Waals surface area contributed by atoms with E-state index >= 15 is 0 Å². The summed E-state index contributed by atoms with van der Waals surface area (Å²) >= 11 is 0. The average Bonchev–Trinajstić information content (AvgIpc) is 2.46. The molecule has 0 radical (unpaired) electrons. The molecule has 2 rings (SSSR count). The highest BCUT2D eigenvalue weighted by molar-refractivity contribution is 5.79. The molecule has 4 heteroatoms. The minimum Gasteiger partial charge on any atom is -0.393 e. The number of likely N-dealkylation sites (tertiary alicyclic amines) is 1. The molecule has 0 bridgehead atoms. The lowest BCUT2D eigenvalue weighted by molar-refractivity contribution is -0.137. The first-order valence-corrected chi connectivity index (χ1v) is 6.87. The molecule has 2 atom stereocenters. The molecule has 2 unspecified atom stereocenters. The van der Waals surface area contributed by atoms with E-state index < -0.39 is 0 Å². The van der Waals surface area contributed by atoms with E-state index in [1.54, 1.807) is 0 Å². The number of nitrogens with two attached hydrogens (primary N) is 1. The number of rotatable bonds is 3. The Labute approximate surface area is 114 Å². The minimum atomic E-state index is -0.277. The fourth-order valence-corrected chi connectivity index (χ4v) is 2.49. The number of aliphatic hydroxyl groups is 1. The zero-order valence-electron chi connectivity index (χ0n) is 11.3. The number of nitrogens with zero attached hydrogens (tertiary/aromatic N) is 1. The number of hydrogen-bond acceptors (Lipinski definition) is 3. The summed E-state index contributed by atoms with van der Waals surface area (Å²) in [5, 5.41) is 9.47. The quantitative estimate of drug-likeness (QED) is 0.863. The summed E-state index contributed by atoms with van der Waals surface area (Å²) in [7, 11) is 0. The molecule has 4 nitrogen and oxygen atoms in total. The van der Waals surface area contributed by atoms with E-state index in [0.29, 0.717) is 25.9 Å². The van der Waals surface area contributed by atoms with Crippen molar-refractivity contribution in [1.29, 1.82) is 0 Å². The average molecular weight is 262 g/mol. The molecular formula is C15H22N2O2. The first-order chi connectivity index (χ1) is 9.09. The summed E-state index contributed by atoms with van der Waals surface area (Å²) < 4.78 is 0. The highest BCUT2D eigenvalue weighted by atomic mass is 16.3. The fraction of sp³-hybridized carbons (Fsp3) is 0.533. The van der Waals surface area contributed by atoms with E-state index in [0.717, 1.165) is 5.56 Å². The van der Waals surface area contributed by atoms with Gasteiger partial charge in [0.2, 0.25) is 5.91 Å². The van der Waals surface area contributed by atoms with Crippen LogP contribution in [-0.4, -0.2) is 35.1 Å². The highest BCUT2D eigenvalue weighted by Crippen LogP contribution is 2.22. The largest absolute Gasteiger partial charge is 0.393 e. The third kappa shape index (κ3) is 3.33. The maximum absolute atomic E-state index is 12.4. The Morgan fingerprint density at radius 1 is 1.32 bits per heavy atom. The number of hydrogen-bond donors (Lipinski definition) is 2. The van der Waals surface area contributed by atoms with Crippen molar-refractivity contribution in [3.8, 4) is 0 Å². The SMILES string of the molecule is CC(C(=O)N1CCC(O)CC1)C(N)c1ccccc1. The van der Waals surface area contributed by atoms with Gasteiger partial charge < -0.3 is 15.7 Å². The molecule has 1 saturated heterocycles. The van der Waals surface area contributed by atoms with Crippen LogP contribution in [0.25, 0.3) is 0 Å². The molecule has 0 aliphatic carbocycles. The van der Waals surface area contributed by atoms with Gasteiger partial charge in [0.25, 0.3) is 0 Å². The summed E-state index contributed by atoms with van der Waals surface area (Å²) in [5.74, 6) is -0.152. The van der Waals surface area contributed by atoms with Crippen molar-refractivity contribution in [1.82, 2.24) is 4.90 Å². The number of piperidine rings is 1. The van der Waals surface area contributed by atoms with Crippen LogP contribution in [0.15, 0.2) is 30.3 Å². The lowest BCUT2D eigenvalue weighted by Gasteiger charge is -2.33. The monoisotopic (exact) mass is 262 g/mol. The standard InChI is InChI=1S/C15H22N2O2/c1-11(14(16)12-5-3-2-4-6-12)15(19)17-9-7-13(18)8-10-17/h2-6,11,13-14,18H,7-10,16H2,1H3. The Hall–Kier alpha value is -1.39. The molecule has 1 heterocycles. The molecule has 0 spiro atoms.